The highest BCUT2D eigenvalue weighted by atomic mass is 19.4. The standard InChI is InChI=1S/C15H20F3NO/c1-10(2)7-13-9-20-14(8-19-13)11-3-5-12(6-4-11)15(16,17)18/h3-6,10,13-14,19H,7-9H2,1-2H3. The number of benzene rings is 1. The molecule has 0 saturated carbocycles. The maximum absolute atomic E-state index is 12.5. The molecule has 1 saturated heterocycles. The molecule has 1 aliphatic rings. The lowest BCUT2D eigenvalue weighted by Crippen LogP contribution is -2.43. The van der Waals surface area contributed by atoms with E-state index in [1.165, 1.54) is 12.1 Å². The number of ether oxygens (including phenoxy) is 1. The van der Waals surface area contributed by atoms with E-state index in [4.69, 9.17) is 4.74 Å². The summed E-state index contributed by atoms with van der Waals surface area (Å²) in [5.74, 6) is 0.596. The van der Waals surface area contributed by atoms with Crippen molar-refractivity contribution in [3.8, 4) is 0 Å². The molecule has 0 amide bonds. The zero-order chi connectivity index (χ0) is 14.8. The fourth-order valence-corrected chi connectivity index (χ4v) is 2.45. The molecular formula is C15H20F3NO. The van der Waals surface area contributed by atoms with Gasteiger partial charge in [-0.05, 0) is 30.0 Å². The summed E-state index contributed by atoms with van der Waals surface area (Å²) in [5.41, 5.74) is 0.163. The second-order valence-corrected chi connectivity index (χ2v) is 5.68. The van der Waals surface area contributed by atoms with E-state index in [9.17, 15) is 13.2 Å². The number of halogens is 3. The molecule has 1 aromatic rings. The summed E-state index contributed by atoms with van der Waals surface area (Å²) < 4.78 is 43.2. The molecule has 0 aliphatic carbocycles. The number of hydrogen-bond acceptors (Lipinski definition) is 2. The molecule has 0 radical (unpaired) electrons. The van der Waals surface area contributed by atoms with Crippen molar-refractivity contribution < 1.29 is 17.9 Å². The quantitative estimate of drug-likeness (QED) is 0.913. The van der Waals surface area contributed by atoms with Crippen LogP contribution in [0.2, 0.25) is 0 Å². The molecule has 2 rings (SSSR count). The van der Waals surface area contributed by atoms with Crippen LogP contribution in [0.4, 0.5) is 13.2 Å². The number of nitrogens with one attached hydrogen (secondary N) is 1. The molecule has 1 aromatic carbocycles. The van der Waals surface area contributed by atoms with Crippen LogP contribution in [0.25, 0.3) is 0 Å². The van der Waals surface area contributed by atoms with Crippen molar-refractivity contribution in [2.45, 2.75) is 38.6 Å². The Labute approximate surface area is 117 Å². The highest BCUT2D eigenvalue weighted by Crippen LogP contribution is 2.30. The van der Waals surface area contributed by atoms with Crippen LogP contribution in [-0.2, 0) is 10.9 Å². The van der Waals surface area contributed by atoms with Gasteiger partial charge in [-0.2, -0.15) is 13.2 Å². The number of rotatable bonds is 3. The Bertz CT molecular complexity index is 420. The molecule has 0 aromatic heterocycles. The molecule has 2 atom stereocenters. The molecule has 1 fully saturated rings. The molecular weight excluding hydrogens is 267 g/mol. The third-order valence-corrected chi connectivity index (χ3v) is 3.46. The monoisotopic (exact) mass is 287 g/mol. The van der Waals surface area contributed by atoms with E-state index in [1.807, 2.05) is 0 Å². The molecule has 2 nitrogen and oxygen atoms in total. The average molecular weight is 287 g/mol. The maximum atomic E-state index is 12.5. The van der Waals surface area contributed by atoms with E-state index in [0.717, 1.165) is 24.1 Å². The first kappa shape index (κ1) is 15.3. The van der Waals surface area contributed by atoms with Gasteiger partial charge in [0.05, 0.1) is 18.3 Å². The SMILES string of the molecule is CC(C)CC1COC(c2ccc(C(F)(F)F)cc2)CN1. The first-order valence-corrected chi connectivity index (χ1v) is 6.88. The van der Waals surface area contributed by atoms with Gasteiger partial charge in [0.1, 0.15) is 0 Å². The van der Waals surface area contributed by atoms with E-state index in [0.29, 0.717) is 25.1 Å². The molecule has 20 heavy (non-hydrogen) atoms. The highest BCUT2D eigenvalue weighted by molar-refractivity contribution is 5.26. The minimum atomic E-state index is -4.29. The Balaban J connectivity index is 1.94. The van der Waals surface area contributed by atoms with Crippen molar-refractivity contribution in [3.63, 3.8) is 0 Å². The molecule has 1 N–H and O–H groups in total. The normalized spacial score (nSPS) is 24.1. The van der Waals surface area contributed by atoms with Crippen LogP contribution in [0.15, 0.2) is 24.3 Å². The van der Waals surface area contributed by atoms with Gasteiger partial charge in [0, 0.05) is 12.6 Å². The first-order valence-electron chi connectivity index (χ1n) is 6.88. The summed E-state index contributed by atoms with van der Waals surface area (Å²) in [6, 6.07) is 5.55. The third-order valence-electron chi connectivity index (χ3n) is 3.46. The lowest BCUT2D eigenvalue weighted by atomic mass is 10.0. The fourth-order valence-electron chi connectivity index (χ4n) is 2.45. The van der Waals surface area contributed by atoms with Crippen molar-refractivity contribution in [2.24, 2.45) is 5.92 Å². The number of hydrogen-bond donors (Lipinski definition) is 1. The summed E-state index contributed by atoms with van der Waals surface area (Å²) >= 11 is 0. The summed E-state index contributed by atoms with van der Waals surface area (Å²) in [5, 5.41) is 3.40. The van der Waals surface area contributed by atoms with E-state index in [-0.39, 0.29) is 6.10 Å². The Morgan fingerprint density at radius 2 is 1.90 bits per heavy atom. The van der Waals surface area contributed by atoms with Gasteiger partial charge in [0.25, 0.3) is 0 Å². The highest BCUT2D eigenvalue weighted by Gasteiger charge is 2.30. The van der Waals surface area contributed by atoms with Gasteiger partial charge < -0.3 is 10.1 Å². The predicted octanol–water partition coefficient (Wildman–Crippen LogP) is 3.78. The Kier molecular flexibility index (Phi) is 4.70. The van der Waals surface area contributed by atoms with Crippen molar-refractivity contribution in [2.75, 3.05) is 13.2 Å². The summed E-state index contributed by atoms with van der Waals surface area (Å²) in [4.78, 5) is 0. The number of alkyl halides is 3. The van der Waals surface area contributed by atoms with Gasteiger partial charge >= 0.3 is 6.18 Å². The third kappa shape index (κ3) is 3.96. The zero-order valence-electron chi connectivity index (χ0n) is 11.7. The Morgan fingerprint density at radius 3 is 2.35 bits per heavy atom. The molecule has 1 heterocycles. The van der Waals surface area contributed by atoms with Crippen LogP contribution < -0.4 is 5.32 Å². The smallest absolute Gasteiger partial charge is 0.371 e. The van der Waals surface area contributed by atoms with Gasteiger partial charge in [0.2, 0.25) is 0 Å². The van der Waals surface area contributed by atoms with Crippen molar-refractivity contribution in [1.29, 1.82) is 0 Å². The second-order valence-electron chi connectivity index (χ2n) is 5.68. The minimum absolute atomic E-state index is 0.166. The Morgan fingerprint density at radius 1 is 1.25 bits per heavy atom. The van der Waals surface area contributed by atoms with Crippen LogP contribution in [0.1, 0.15) is 37.5 Å². The fraction of sp³-hybridized carbons (Fsp3) is 0.600. The van der Waals surface area contributed by atoms with Gasteiger partial charge in [-0.15, -0.1) is 0 Å². The molecule has 5 heteroatoms. The molecule has 1 aliphatic heterocycles. The second kappa shape index (κ2) is 6.14. The van der Waals surface area contributed by atoms with Crippen LogP contribution in [0.5, 0.6) is 0 Å². The van der Waals surface area contributed by atoms with E-state index in [1.54, 1.807) is 0 Å². The molecule has 0 spiro atoms. The van der Waals surface area contributed by atoms with Crippen LogP contribution in [0, 0.1) is 5.92 Å². The summed E-state index contributed by atoms with van der Waals surface area (Å²) in [6.07, 6.45) is -3.41. The molecule has 112 valence electrons. The van der Waals surface area contributed by atoms with E-state index >= 15 is 0 Å². The lowest BCUT2D eigenvalue weighted by Gasteiger charge is -2.31. The van der Waals surface area contributed by atoms with Crippen LogP contribution in [0.3, 0.4) is 0 Å². The van der Waals surface area contributed by atoms with Gasteiger partial charge in [-0.1, -0.05) is 26.0 Å². The predicted molar refractivity (Wildman–Crippen MR) is 71.4 cm³/mol. The van der Waals surface area contributed by atoms with Gasteiger partial charge in [-0.25, -0.2) is 0 Å². The van der Waals surface area contributed by atoms with Crippen LogP contribution >= 0.6 is 0 Å². The number of morpholine rings is 1. The minimum Gasteiger partial charge on any atom is -0.371 e. The summed E-state index contributed by atoms with van der Waals surface area (Å²) in [6.45, 7) is 5.56. The largest absolute Gasteiger partial charge is 0.416 e. The summed E-state index contributed by atoms with van der Waals surface area (Å²) in [7, 11) is 0. The first-order chi connectivity index (χ1) is 9.36. The van der Waals surface area contributed by atoms with Gasteiger partial charge in [0.15, 0.2) is 0 Å². The lowest BCUT2D eigenvalue weighted by molar-refractivity contribution is -0.137. The maximum Gasteiger partial charge on any atom is 0.416 e. The van der Waals surface area contributed by atoms with Gasteiger partial charge in [-0.3, -0.25) is 0 Å². The molecule has 0 bridgehead atoms. The van der Waals surface area contributed by atoms with Crippen molar-refractivity contribution in [3.05, 3.63) is 35.4 Å². The van der Waals surface area contributed by atoms with E-state index < -0.39 is 11.7 Å². The Hall–Kier alpha value is -1.07. The van der Waals surface area contributed by atoms with Crippen molar-refractivity contribution in [1.82, 2.24) is 5.32 Å². The van der Waals surface area contributed by atoms with Crippen LogP contribution in [-0.4, -0.2) is 19.2 Å². The van der Waals surface area contributed by atoms with E-state index in [2.05, 4.69) is 19.2 Å². The molecule has 2 unspecified atom stereocenters. The van der Waals surface area contributed by atoms with Crippen molar-refractivity contribution >= 4 is 0 Å². The topological polar surface area (TPSA) is 21.3 Å². The zero-order valence-corrected chi connectivity index (χ0v) is 11.7. The average Bonchev–Trinajstić information content (AvgIpc) is 2.38.